The number of halogens is 1. The van der Waals surface area contributed by atoms with Crippen molar-refractivity contribution in [3.63, 3.8) is 0 Å². The second-order valence-corrected chi connectivity index (χ2v) is 6.50. The molecule has 0 unspecified atom stereocenters. The van der Waals surface area contributed by atoms with E-state index in [1.807, 2.05) is 0 Å². The summed E-state index contributed by atoms with van der Waals surface area (Å²) < 4.78 is 18.3. The summed E-state index contributed by atoms with van der Waals surface area (Å²) in [6, 6.07) is 6.50. The maximum absolute atomic E-state index is 13.5. The van der Waals surface area contributed by atoms with Gasteiger partial charge in [-0.05, 0) is 37.8 Å². The van der Waals surface area contributed by atoms with Crippen molar-refractivity contribution in [1.82, 2.24) is 20.4 Å². The Balaban J connectivity index is 1.38. The first-order valence-electron chi connectivity index (χ1n) is 8.68. The molecule has 0 saturated carbocycles. The van der Waals surface area contributed by atoms with Gasteiger partial charge >= 0.3 is 0 Å². The number of carbonyl (C=O) groups excluding carboxylic acids is 1. The fraction of sp³-hybridized carbons (Fsp3) is 0.500. The van der Waals surface area contributed by atoms with Crippen molar-refractivity contribution in [3.8, 4) is 0 Å². The number of hydrogen-bond acceptors (Lipinski definition) is 5. The molecule has 3 rings (SSSR count). The van der Waals surface area contributed by atoms with Crippen LogP contribution in [-0.4, -0.2) is 34.0 Å². The number of nitrogens with zero attached hydrogens (tertiary/aromatic N) is 3. The molecule has 1 saturated heterocycles. The number of carbonyl (C=O) groups is 1. The van der Waals surface area contributed by atoms with E-state index in [2.05, 4.69) is 20.4 Å². The minimum Gasteiger partial charge on any atom is -0.352 e. The Bertz CT molecular complexity index is 677. The highest BCUT2D eigenvalue weighted by atomic mass is 19.1. The maximum Gasteiger partial charge on any atom is 0.220 e. The summed E-state index contributed by atoms with van der Waals surface area (Å²) in [5.74, 6) is 0.869. The van der Waals surface area contributed by atoms with Gasteiger partial charge in [-0.2, -0.15) is 4.98 Å². The molecule has 2 heterocycles. The third-order valence-corrected chi connectivity index (χ3v) is 4.59. The fourth-order valence-electron chi connectivity index (χ4n) is 3.25. The number of benzene rings is 1. The molecule has 1 amide bonds. The summed E-state index contributed by atoms with van der Waals surface area (Å²) in [4.78, 5) is 18.4. The molecule has 6 nitrogen and oxygen atoms in total. The quantitative estimate of drug-likeness (QED) is 0.834. The smallest absolute Gasteiger partial charge is 0.220 e. The van der Waals surface area contributed by atoms with Crippen LogP contribution in [0, 0.1) is 11.7 Å². The fourth-order valence-corrected chi connectivity index (χ4v) is 3.25. The molecule has 0 radical (unpaired) electrons. The molecule has 1 aromatic carbocycles. The Morgan fingerprint density at radius 1 is 1.40 bits per heavy atom. The number of piperidine rings is 1. The zero-order valence-electron chi connectivity index (χ0n) is 14.2. The number of nitrogens with one attached hydrogen (secondary N) is 1. The van der Waals surface area contributed by atoms with Gasteiger partial charge in [0.2, 0.25) is 12.3 Å². The van der Waals surface area contributed by atoms with Gasteiger partial charge in [0.15, 0.2) is 5.82 Å². The van der Waals surface area contributed by atoms with E-state index in [0.29, 0.717) is 30.3 Å². The minimum atomic E-state index is -0.285. The highest BCUT2D eigenvalue weighted by Crippen LogP contribution is 2.22. The van der Waals surface area contributed by atoms with Crippen LogP contribution in [0.15, 0.2) is 35.2 Å². The van der Waals surface area contributed by atoms with Crippen molar-refractivity contribution in [2.75, 3.05) is 13.1 Å². The average Bonchev–Trinajstić information content (AvgIpc) is 3.12. The third-order valence-electron chi connectivity index (χ3n) is 4.59. The Morgan fingerprint density at radius 3 is 3.08 bits per heavy atom. The van der Waals surface area contributed by atoms with Gasteiger partial charge in [0.1, 0.15) is 5.82 Å². The van der Waals surface area contributed by atoms with E-state index >= 15 is 0 Å². The van der Waals surface area contributed by atoms with Crippen LogP contribution in [-0.2, 0) is 17.9 Å². The maximum atomic E-state index is 13.5. The van der Waals surface area contributed by atoms with Crippen LogP contribution in [0.5, 0.6) is 0 Å². The van der Waals surface area contributed by atoms with Crippen molar-refractivity contribution in [2.45, 2.75) is 38.8 Å². The van der Waals surface area contributed by atoms with Crippen LogP contribution in [0.25, 0.3) is 0 Å². The van der Waals surface area contributed by atoms with Gasteiger partial charge in [-0.15, -0.1) is 0 Å². The second kappa shape index (κ2) is 8.71. The molecule has 25 heavy (non-hydrogen) atoms. The van der Waals surface area contributed by atoms with E-state index in [1.54, 1.807) is 18.2 Å². The number of amides is 1. The van der Waals surface area contributed by atoms with E-state index in [0.717, 1.165) is 32.4 Å². The van der Waals surface area contributed by atoms with Gasteiger partial charge in [0.05, 0.1) is 6.54 Å². The number of aromatic nitrogens is 2. The lowest BCUT2D eigenvalue weighted by molar-refractivity contribution is -0.121. The molecule has 1 fully saturated rings. The van der Waals surface area contributed by atoms with Crippen LogP contribution < -0.4 is 5.32 Å². The molecular weight excluding hydrogens is 323 g/mol. The van der Waals surface area contributed by atoms with E-state index < -0.39 is 0 Å². The first kappa shape index (κ1) is 17.5. The second-order valence-electron chi connectivity index (χ2n) is 6.50. The monoisotopic (exact) mass is 346 g/mol. The Morgan fingerprint density at radius 2 is 2.28 bits per heavy atom. The highest BCUT2D eigenvalue weighted by Gasteiger charge is 2.21. The van der Waals surface area contributed by atoms with Crippen molar-refractivity contribution in [1.29, 1.82) is 0 Å². The molecule has 1 atom stereocenters. The predicted molar refractivity (Wildman–Crippen MR) is 89.8 cm³/mol. The lowest BCUT2D eigenvalue weighted by Gasteiger charge is -2.31. The van der Waals surface area contributed by atoms with Crippen molar-refractivity contribution >= 4 is 5.91 Å². The number of hydrogen-bond donors (Lipinski definition) is 1. The largest absolute Gasteiger partial charge is 0.352 e. The lowest BCUT2D eigenvalue weighted by Crippen LogP contribution is -2.35. The van der Waals surface area contributed by atoms with Gasteiger partial charge < -0.3 is 9.84 Å². The Kier molecular flexibility index (Phi) is 6.11. The molecule has 2 aromatic rings. The Hall–Kier alpha value is -2.28. The van der Waals surface area contributed by atoms with Gasteiger partial charge in [-0.25, -0.2) is 4.39 Å². The molecule has 0 bridgehead atoms. The van der Waals surface area contributed by atoms with Crippen LogP contribution in [0.2, 0.25) is 0 Å². The molecule has 134 valence electrons. The molecular formula is C18H23FN4O2. The average molecular weight is 346 g/mol. The summed E-state index contributed by atoms with van der Waals surface area (Å²) >= 11 is 0. The Labute approximate surface area is 146 Å². The van der Waals surface area contributed by atoms with Crippen LogP contribution >= 0.6 is 0 Å². The minimum absolute atomic E-state index is 0.0291. The van der Waals surface area contributed by atoms with Crippen LogP contribution in [0.3, 0.4) is 0 Å². The third kappa shape index (κ3) is 5.35. The van der Waals surface area contributed by atoms with Gasteiger partial charge in [-0.3, -0.25) is 9.69 Å². The molecule has 1 aliphatic rings. The lowest BCUT2D eigenvalue weighted by atomic mass is 9.93. The topological polar surface area (TPSA) is 71.3 Å². The van der Waals surface area contributed by atoms with Crippen LogP contribution in [0.1, 0.15) is 37.1 Å². The molecule has 7 heteroatoms. The SMILES string of the molecule is O=C(CC[C@@H]1CCCN(Cc2ncon2)C1)NCc1ccccc1F. The summed E-state index contributed by atoms with van der Waals surface area (Å²) in [6.45, 7) is 2.88. The highest BCUT2D eigenvalue weighted by molar-refractivity contribution is 5.75. The first-order chi connectivity index (χ1) is 12.2. The summed E-state index contributed by atoms with van der Waals surface area (Å²) in [6.07, 6.45) is 4.89. The molecule has 1 aromatic heterocycles. The summed E-state index contributed by atoms with van der Waals surface area (Å²) in [5.41, 5.74) is 0.514. The normalized spacial score (nSPS) is 18.2. The molecule has 1 aliphatic heterocycles. The number of rotatable bonds is 7. The number of likely N-dealkylation sites (tertiary alicyclic amines) is 1. The van der Waals surface area contributed by atoms with Crippen LogP contribution in [0.4, 0.5) is 4.39 Å². The van der Waals surface area contributed by atoms with Crippen molar-refractivity contribution in [3.05, 3.63) is 47.9 Å². The van der Waals surface area contributed by atoms with Gasteiger partial charge in [0.25, 0.3) is 0 Å². The molecule has 0 aliphatic carbocycles. The van der Waals surface area contributed by atoms with E-state index in [9.17, 15) is 9.18 Å². The summed E-state index contributed by atoms with van der Waals surface area (Å²) in [5, 5.41) is 6.65. The van der Waals surface area contributed by atoms with E-state index in [1.165, 1.54) is 12.5 Å². The zero-order chi connectivity index (χ0) is 17.5. The molecule has 0 spiro atoms. The first-order valence-corrected chi connectivity index (χ1v) is 8.68. The standard InChI is InChI=1S/C18H23FN4O2/c19-16-6-2-1-5-15(16)10-20-18(24)8-7-14-4-3-9-23(11-14)12-17-21-13-25-22-17/h1-2,5-6,13-14H,3-4,7-12H2,(H,20,24)/t14-/m0/s1. The predicted octanol–water partition coefficient (Wildman–Crippen LogP) is 2.52. The van der Waals surface area contributed by atoms with Crippen molar-refractivity contribution < 1.29 is 13.7 Å². The zero-order valence-corrected chi connectivity index (χ0v) is 14.2. The van der Waals surface area contributed by atoms with E-state index in [4.69, 9.17) is 4.52 Å². The van der Waals surface area contributed by atoms with Gasteiger partial charge in [0, 0.05) is 25.1 Å². The van der Waals surface area contributed by atoms with E-state index in [-0.39, 0.29) is 18.3 Å². The van der Waals surface area contributed by atoms with Crippen molar-refractivity contribution in [2.24, 2.45) is 5.92 Å². The summed E-state index contributed by atoms with van der Waals surface area (Å²) in [7, 11) is 0. The molecule has 1 N–H and O–H groups in total. The van der Waals surface area contributed by atoms with Gasteiger partial charge in [-0.1, -0.05) is 23.4 Å².